The monoisotopic (exact) mass is 311 g/mol. The zero-order valence-corrected chi connectivity index (χ0v) is 13.8. The average Bonchev–Trinajstić information content (AvgIpc) is 2.87. The number of benzene rings is 1. The van der Waals surface area contributed by atoms with Gasteiger partial charge in [0.2, 0.25) is 18.2 Å². The summed E-state index contributed by atoms with van der Waals surface area (Å²) in [6, 6.07) is 7.44. The Morgan fingerprint density at radius 1 is 1.35 bits per heavy atom. The van der Waals surface area contributed by atoms with Crippen molar-refractivity contribution >= 4 is 11.6 Å². The molecular formula is C18H21N3O2. The zero-order valence-electron chi connectivity index (χ0n) is 13.8. The van der Waals surface area contributed by atoms with Gasteiger partial charge in [-0.25, -0.2) is 0 Å². The number of anilines is 1. The van der Waals surface area contributed by atoms with Crippen molar-refractivity contribution in [3.8, 4) is 11.5 Å². The van der Waals surface area contributed by atoms with Crippen molar-refractivity contribution in [2.24, 2.45) is 17.3 Å². The smallest absolute Gasteiger partial charge is 0.247 e. The van der Waals surface area contributed by atoms with E-state index < -0.39 is 0 Å². The van der Waals surface area contributed by atoms with Crippen LogP contribution in [0, 0.1) is 17.3 Å². The third-order valence-electron chi connectivity index (χ3n) is 4.44. The number of carbonyl (C=O) groups excluding carboxylic acids is 1. The van der Waals surface area contributed by atoms with Crippen molar-refractivity contribution in [2.45, 2.75) is 27.7 Å². The molecular weight excluding hydrogens is 290 g/mol. The maximum Gasteiger partial charge on any atom is 0.247 e. The molecule has 1 aliphatic carbocycles. The van der Waals surface area contributed by atoms with Crippen LogP contribution in [-0.4, -0.2) is 16.1 Å². The van der Waals surface area contributed by atoms with Crippen LogP contribution in [0.15, 0.2) is 46.7 Å². The standard InChI is InChI=1S/C18H21N3O2/c1-11(2)8-14-15(18(14,3)4)16(22)20-13-7-5-6-12(9-13)17-21-19-10-23-17/h5-10,14-15H,1-4H3,(H,20,22). The minimum Gasteiger partial charge on any atom is -0.423 e. The van der Waals surface area contributed by atoms with E-state index in [4.69, 9.17) is 4.42 Å². The van der Waals surface area contributed by atoms with Gasteiger partial charge in [0.05, 0.1) is 5.92 Å². The maximum atomic E-state index is 12.6. The van der Waals surface area contributed by atoms with Crippen LogP contribution < -0.4 is 5.32 Å². The number of rotatable bonds is 4. The summed E-state index contributed by atoms with van der Waals surface area (Å²) >= 11 is 0. The van der Waals surface area contributed by atoms with E-state index in [9.17, 15) is 4.79 Å². The van der Waals surface area contributed by atoms with Crippen molar-refractivity contribution in [3.63, 3.8) is 0 Å². The van der Waals surface area contributed by atoms with Crippen LogP contribution in [0.4, 0.5) is 5.69 Å². The molecule has 2 unspecified atom stereocenters. The Morgan fingerprint density at radius 3 is 2.78 bits per heavy atom. The van der Waals surface area contributed by atoms with Gasteiger partial charge in [0.15, 0.2) is 0 Å². The fourth-order valence-corrected chi connectivity index (χ4v) is 3.10. The first-order valence-corrected chi connectivity index (χ1v) is 7.72. The second kappa shape index (κ2) is 5.65. The summed E-state index contributed by atoms with van der Waals surface area (Å²) in [5.74, 6) is 0.798. The van der Waals surface area contributed by atoms with Gasteiger partial charge in [-0.3, -0.25) is 4.79 Å². The number of nitrogens with zero attached hydrogens (tertiary/aromatic N) is 2. The predicted molar refractivity (Wildman–Crippen MR) is 88.6 cm³/mol. The molecule has 2 atom stereocenters. The fraction of sp³-hybridized carbons (Fsp3) is 0.389. The molecule has 5 heteroatoms. The van der Waals surface area contributed by atoms with Crippen molar-refractivity contribution in [1.29, 1.82) is 0 Å². The van der Waals surface area contributed by atoms with Crippen molar-refractivity contribution in [1.82, 2.24) is 10.2 Å². The number of allylic oxidation sites excluding steroid dienone is 2. The van der Waals surface area contributed by atoms with Crippen molar-refractivity contribution < 1.29 is 9.21 Å². The minimum atomic E-state index is 0.00413. The van der Waals surface area contributed by atoms with E-state index in [1.807, 2.05) is 24.3 Å². The van der Waals surface area contributed by atoms with E-state index in [0.717, 1.165) is 11.3 Å². The molecule has 2 aromatic rings. The highest BCUT2D eigenvalue weighted by Gasteiger charge is 2.60. The van der Waals surface area contributed by atoms with E-state index in [-0.39, 0.29) is 17.2 Å². The SMILES string of the molecule is CC(C)=CC1C(C(=O)Nc2cccc(-c3nnco3)c2)C1(C)C. The first-order valence-electron chi connectivity index (χ1n) is 7.72. The number of carbonyl (C=O) groups is 1. The van der Waals surface area contributed by atoms with Crippen LogP contribution in [0.3, 0.4) is 0 Å². The molecule has 3 rings (SSSR count). The Hall–Kier alpha value is -2.43. The lowest BCUT2D eigenvalue weighted by molar-refractivity contribution is -0.118. The number of nitrogens with one attached hydrogen (secondary N) is 1. The minimum absolute atomic E-state index is 0.00413. The first-order chi connectivity index (χ1) is 10.9. The van der Waals surface area contributed by atoms with Gasteiger partial charge in [-0.15, -0.1) is 10.2 Å². The molecule has 1 heterocycles. The van der Waals surface area contributed by atoms with Gasteiger partial charge in [0.1, 0.15) is 0 Å². The molecule has 1 aromatic heterocycles. The second-order valence-electron chi connectivity index (χ2n) is 6.88. The predicted octanol–water partition coefficient (Wildman–Crippen LogP) is 3.91. The van der Waals surface area contributed by atoms with Gasteiger partial charge in [-0.05, 0) is 43.4 Å². The van der Waals surface area contributed by atoms with Gasteiger partial charge < -0.3 is 9.73 Å². The quantitative estimate of drug-likeness (QED) is 0.869. The number of aromatic nitrogens is 2. The Morgan fingerprint density at radius 2 is 2.13 bits per heavy atom. The van der Waals surface area contributed by atoms with Crippen LogP contribution in [0.5, 0.6) is 0 Å². The van der Waals surface area contributed by atoms with Gasteiger partial charge in [0, 0.05) is 11.3 Å². The molecule has 0 bridgehead atoms. The van der Waals surface area contributed by atoms with Crippen LogP contribution in [-0.2, 0) is 4.79 Å². The Balaban J connectivity index is 1.74. The lowest BCUT2D eigenvalue weighted by Gasteiger charge is -2.07. The Kier molecular flexibility index (Phi) is 3.80. The normalized spacial score (nSPS) is 21.6. The molecule has 1 fully saturated rings. The Labute approximate surface area is 135 Å². The van der Waals surface area contributed by atoms with Gasteiger partial charge in [-0.2, -0.15) is 0 Å². The molecule has 1 aromatic carbocycles. The second-order valence-corrected chi connectivity index (χ2v) is 6.88. The topological polar surface area (TPSA) is 68.0 Å². The highest BCUT2D eigenvalue weighted by Crippen LogP contribution is 2.59. The van der Waals surface area contributed by atoms with Crippen molar-refractivity contribution in [2.75, 3.05) is 5.32 Å². The molecule has 0 saturated heterocycles. The van der Waals surface area contributed by atoms with Gasteiger partial charge >= 0.3 is 0 Å². The summed E-state index contributed by atoms with van der Waals surface area (Å²) in [5, 5.41) is 10.6. The molecule has 1 N–H and O–H groups in total. The molecule has 1 saturated carbocycles. The summed E-state index contributed by atoms with van der Waals surface area (Å²) in [6.07, 6.45) is 3.48. The zero-order chi connectivity index (χ0) is 16.6. The van der Waals surface area contributed by atoms with Crippen LogP contribution in [0.2, 0.25) is 0 Å². The van der Waals surface area contributed by atoms with Crippen molar-refractivity contribution in [3.05, 3.63) is 42.3 Å². The number of hydrogen-bond donors (Lipinski definition) is 1. The van der Waals surface area contributed by atoms with Gasteiger partial charge in [0.25, 0.3) is 0 Å². The van der Waals surface area contributed by atoms with E-state index in [1.165, 1.54) is 12.0 Å². The van der Waals surface area contributed by atoms with Crippen LogP contribution >= 0.6 is 0 Å². The summed E-state index contributed by atoms with van der Waals surface area (Å²) < 4.78 is 5.19. The third kappa shape index (κ3) is 3.04. The van der Waals surface area contributed by atoms with E-state index in [2.05, 4.69) is 49.3 Å². The first kappa shape index (κ1) is 15.5. The molecule has 0 radical (unpaired) electrons. The number of amides is 1. The third-order valence-corrected chi connectivity index (χ3v) is 4.44. The lowest BCUT2D eigenvalue weighted by Crippen LogP contribution is -2.16. The Bertz CT molecular complexity index is 743. The summed E-state index contributed by atoms with van der Waals surface area (Å²) in [6.45, 7) is 8.40. The van der Waals surface area contributed by atoms with Crippen LogP contribution in [0.1, 0.15) is 27.7 Å². The summed E-state index contributed by atoms with van der Waals surface area (Å²) in [5.41, 5.74) is 2.78. The lowest BCUT2D eigenvalue weighted by atomic mass is 10.1. The summed E-state index contributed by atoms with van der Waals surface area (Å²) in [7, 11) is 0. The number of hydrogen-bond acceptors (Lipinski definition) is 4. The highest BCUT2D eigenvalue weighted by atomic mass is 16.4. The molecule has 23 heavy (non-hydrogen) atoms. The molecule has 120 valence electrons. The molecule has 0 spiro atoms. The largest absolute Gasteiger partial charge is 0.423 e. The van der Waals surface area contributed by atoms with E-state index in [0.29, 0.717) is 11.8 Å². The fourth-order valence-electron chi connectivity index (χ4n) is 3.10. The maximum absolute atomic E-state index is 12.6. The van der Waals surface area contributed by atoms with Gasteiger partial charge in [-0.1, -0.05) is 31.6 Å². The van der Waals surface area contributed by atoms with Crippen LogP contribution in [0.25, 0.3) is 11.5 Å². The van der Waals surface area contributed by atoms with E-state index >= 15 is 0 Å². The highest BCUT2D eigenvalue weighted by molar-refractivity contribution is 5.96. The van der Waals surface area contributed by atoms with E-state index in [1.54, 1.807) is 0 Å². The molecule has 0 aliphatic heterocycles. The molecule has 1 amide bonds. The summed E-state index contributed by atoms with van der Waals surface area (Å²) in [4.78, 5) is 12.6. The average molecular weight is 311 g/mol. The molecule has 5 nitrogen and oxygen atoms in total. The molecule has 1 aliphatic rings.